The van der Waals surface area contributed by atoms with Crippen molar-refractivity contribution in [3.63, 3.8) is 0 Å². The Balaban J connectivity index is 2.63. The predicted octanol–water partition coefficient (Wildman–Crippen LogP) is 2.09. The van der Waals surface area contributed by atoms with E-state index < -0.39 is 5.97 Å². The van der Waals surface area contributed by atoms with E-state index in [1.807, 2.05) is 6.07 Å². The van der Waals surface area contributed by atoms with Crippen molar-refractivity contribution in [2.45, 2.75) is 6.42 Å². The van der Waals surface area contributed by atoms with E-state index in [-0.39, 0.29) is 6.42 Å². The number of carbonyl (C=O) groups is 1. The molecule has 4 heteroatoms. The van der Waals surface area contributed by atoms with Gasteiger partial charge in [0, 0.05) is 5.33 Å². The van der Waals surface area contributed by atoms with Crippen LogP contribution in [-0.4, -0.2) is 23.0 Å². The second-order valence-corrected chi connectivity index (χ2v) is 3.55. The largest absolute Gasteiger partial charge is 0.493 e. The maximum atomic E-state index is 10.4. The lowest BCUT2D eigenvalue weighted by molar-refractivity contribution is -0.136. The van der Waals surface area contributed by atoms with Gasteiger partial charge in [-0.3, -0.25) is 4.79 Å². The molecule has 0 heterocycles. The summed E-state index contributed by atoms with van der Waals surface area (Å²) < 4.78 is 5.34. The van der Waals surface area contributed by atoms with Crippen molar-refractivity contribution in [3.8, 4) is 5.75 Å². The molecule has 1 rings (SSSR count). The Morgan fingerprint density at radius 1 is 1.50 bits per heavy atom. The van der Waals surface area contributed by atoms with Gasteiger partial charge in [-0.15, -0.1) is 0 Å². The first-order chi connectivity index (χ1) is 6.72. The molecule has 0 aromatic heterocycles. The smallest absolute Gasteiger partial charge is 0.307 e. The fourth-order valence-electron chi connectivity index (χ4n) is 1.08. The van der Waals surface area contributed by atoms with E-state index in [2.05, 4.69) is 15.9 Å². The summed E-state index contributed by atoms with van der Waals surface area (Å²) in [5.41, 5.74) is 0.754. The van der Waals surface area contributed by atoms with E-state index in [9.17, 15) is 4.79 Å². The lowest BCUT2D eigenvalue weighted by Gasteiger charge is -2.04. The maximum absolute atomic E-state index is 10.4. The number of hydrogen-bond donors (Lipinski definition) is 1. The Labute approximate surface area is 90.8 Å². The third-order valence-electron chi connectivity index (χ3n) is 1.60. The molecule has 0 saturated carbocycles. The topological polar surface area (TPSA) is 46.5 Å². The van der Waals surface area contributed by atoms with Gasteiger partial charge in [-0.1, -0.05) is 28.1 Å². The van der Waals surface area contributed by atoms with E-state index in [0.717, 1.165) is 10.9 Å². The molecule has 1 aromatic carbocycles. The fourth-order valence-corrected chi connectivity index (χ4v) is 1.24. The van der Waals surface area contributed by atoms with E-state index in [1.165, 1.54) is 0 Å². The minimum Gasteiger partial charge on any atom is -0.493 e. The molecule has 14 heavy (non-hydrogen) atoms. The second kappa shape index (κ2) is 5.65. The molecule has 0 radical (unpaired) electrons. The van der Waals surface area contributed by atoms with Crippen molar-refractivity contribution in [2.24, 2.45) is 0 Å². The Bertz CT molecular complexity index is 312. The molecule has 0 unspecified atom stereocenters. The minimum atomic E-state index is -0.831. The monoisotopic (exact) mass is 258 g/mol. The number of halogens is 1. The Morgan fingerprint density at radius 3 is 2.93 bits per heavy atom. The summed E-state index contributed by atoms with van der Waals surface area (Å²) in [6.45, 7) is 0.580. The predicted molar refractivity (Wildman–Crippen MR) is 57.1 cm³/mol. The van der Waals surface area contributed by atoms with Gasteiger partial charge >= 0.3 is 5.97 Å². The van der Waals surface area contributed by atoms with Crippen molar-refractivity contribution in [2.75, 3.05) is 11.9 Å². The minimum absolute atomic E-state index is 0.0332. The fraction of sp³-hybridized carbons (Fsp3) is 0.300. The van der Waals surface area contributed by atoms with Gasteiger partial charge in [-0.25, -0.2) is 0 Å². The van der Waals surface area contributed by atoms with Crippen LogP contribution in [-0.2, 0) is 11.2 Å². The van der Waals surface area contributed by atoms with Gasteiger partial charge in [0.2, 0.25) is 0 Å². The molecular formula is C10H11BrO3. The van der Waals surface area contributed by atoms with E-state index in [4.69, 9.17) is 9.84 Å². The molecule has 0 atom stereocenters. The van der Waals surface area contributed by atoms with Crippen LogP contribution in [0.2, 0.25) is 0 Å². The van der Waals surface area contributed by atoms with Crippen LogP contribution < -0.4 is 4.74 Å². The van der Waals surface area contributed by atoms with E-state index >= 15 is 0 Å². The normalized spacial score (nSPS) is 9.79. The standard InChI is InChI=1S/C10H11BrO3/c11-4-5-14-9-3-1-2-8(6-9)7-10(12)13/h1-3,6H,4-5,7H2,(H,12,13). The summed E-state index contributed by atoms with van der Waals surface area (Å²) in [6.07, 6.45) is 0.0332. The third-order valence-corrected chi connectivity index (χ3v) is 1.92. The summed E-state index contributed by atoms with van der Waals surface area (Å²) >= 11 is 3.25. The van der Waals surface area contributed by atoms with Crippen LogP contribution in [0, 0.1) is 0 Å². The highest BCUT2D eigenvalue weighted by Crippen LogP contribution is 2.13. The first kappa shape index (κ1) is 11.0. The van der Waals surface area contributed by atoms with Crippen LogP contribution in [0.5, 0.6) is 5.75 Å². The number of hydrogen-bond acceptors (Lipinski definition) is 2. The number of alkyl halides is 1. The number of ether oxygens (including phenoxy) is 1. The SMILES string of the molecule is O=C(O)Cc1cccc(OCCBr)c1. The van der Waals surface area contributed by atoms with Gasteiger partial charge < -0.3 is 9.84 Å². The lowest BCUT2D eigenvalue weighted by atomic mass is 10.1. The Kier molecular flexibility index (Phi) is 4.46. The van der Waals surface area contributed by atoms with Gasteiger partial charge in [-0.2, -0.15) is 0 Å². The molecular weight excluding hydrogens is 248 g/mol. The molecule has 0 aliphatic carbocycles. The van der Waals surface area contributed by atoms with Gasteiger partial charge in [-0.05, 0) is 17.7 Å². The molecule has 76 valence electrons. The molecule has 0 aliphatic heterocycles. The highest BCUT2D eigenvalue weighted by molar-refractivity contribution is 9.09. The summed E-state index contributed by atoms with van der Waals surface area (Å²) in [4.78, 5) is 10.4. The molecule has 0 aliphatic rings. The molecule has 1 aromatic rings. The molecule has 0 saturated heterocycles. The van der Waals surface area contributed by atoms with Crippen LogP contribution in [0.4, 0.5) is 0 Å². The first-order valence-electron chi connectivity index (χ1n) is 4.22. The first-order valence-corrected chi connectivity index (χ1v) is 5.34. The number of benzene rings is 1. The van der Waals surface area contributed by atoms with Crippen LogP contribution in [0.15, 0.2) is 24.3 Å². The van der Waals surface area contributed by atoms with Crippen molar-refractivity contribution in [1.82, 2.24) is 0 Å². The quantitative estimate of drug-likeness (QED) is 0.823. The molecule has 1 N–H and O–H groups in total. The molecule has 3 nitrogen and oxygen atoms in total. The van der Waals surface area contributed by atoms with Crippen LogP contribution in [0.25, 0.3) is 0 Å². The van der Waals surface area contributed by atoms with E-state index in [1.54, 1.807) is 18.2 Å². The number of carboxylic acids is 1. The highest BCUT2D eigenvalue weighted by Gasteiger charge is 2.01. The van der Waals surface area contributed by atoms with Gasteiger partial charge in [0.1, 0.15) is 5.75 Å². The lowest BCUT2D eigenvalue weighted by Crippen LogP contribution is -2.01. The van der Waals surface area contributed by atoms with Crippen LogP contribution >= 0.6 is 15.9 Å². The summed E-state index contributed by atoms with van der Waals surface area (Å²) in [5.74, 6) is -0.120. The molecule has 0 fully saturated rings. The number of aliphatic carboxylic acids is 1. The summed E-state index contributed by atoms with van der Waals surface area (Å²) in [5, 5.41) is 9.35. The number of rotatable bonds is 5. The maximum Gasteiger partial charge on any atom is 0.307 e. The second-order valence-electron chi connectivity index (χ2n) is 2.76. The molecule has 0 amide bonds. The van der Waals surface area contributed by atoms with Gasteiger partial charge in [0.15, 0.2) is 0 Å². The average molecular weight is 259 g/mol. The molecule has 0 bridgehead atoms. The van der Waals surface area contributed by atoms with Crippen LogP contribution in [0.3, 0.4) is 0 Å². The molecule has 0 spiro atoms. The zero-order valence-electron chi connectivity index (χ0n) is 7.57. The van der Waals surface area contributed by atoms with Crippen molar-refractivity contribution in [3.05, 3.63) is 29.8 Å². The highest BCUT2D eigenvalue weighted by atomic mass is 79.9. The Hall–Kier alpha value is -1.03. The van der Waals surface area contributed by atoms with Gasteiger partial charge in [0.05, 0.1) is 13.0 Å². The van der Waals surface area contributed by atoms with Crippen molar-refractivity contribution in [1.29, 1.82) is 0 Å². The van der Waals surface area contributed by atoms with Crippen molar-refractivity contribution < 1.29 is 14.6 Å². The van der Waals surface area contributed by atoms with Crippen molar-refractivity contribution >= 4 is 21.9 Å². The number of carboxylic acid groups (broad SMARTS) is 1. The van der Waals surface area contributed by atoms with Gasteiger partial charge in [0.25, 0.3) is 0 Å². The summed E-state index contributed by atoms with van der Waals surface area (Å²) in [6, 6.07) is 7.13. The third kappa shape index (κ3) is 3.79. The zero-order chi connectivity index (χ0) is 10.4. The zero-order valence-corrected chi connectivity index (χ0v) is 9.16. The average Bonchev–Trinajstić information content (AvgIpc) is 2.14. The van der Waals surface area contributed by atoms with E-state index in [0.29, 0.717) is 12.4 Å². The Morgan fingerprint density at radius 2 is 2.29 bits per heavy atom. The van der Waals surface area contributed by atoms with Crippen LogP contribution in [0.1, 0.15) is 5.56 Å². The summed E-state index contributed by atoms with van der Waals surface area (Å²) in [7, 11) is 0.